The second kappa shape index (κ2) is 8.94. The lowest BCUT2D eigenvalue weighted by molar-refractivity contribution is -0.137. The summed E-state index contributed by atoms with van der Waals surface area (Å²) < 4.78 is 41.1. The van der Waals surface area contributed by atoms with Gasteiger partial charge in [-0.05, 0) is 63.6 Å². The monoisotopic (exact) mass is 444 g/mol. The van der Waals surface area contributed by atoms with Crippen molar-refractivity contribution >= 4 is 22.6 Å². The highest BCUT2D eigenvalue weighted by Crippen LogP contribution is 2.31. The third-order valence-corrected chi connectivity index (χ3v) is 5.88. The third kappa shape index (κ3) is 4.80. The number of nitrogens with zero attached hydrogens (tertiary/aromatic N) is 3. The van der Waals surface area contributed by atoms with Crippen LogP contribution >= 0.6 is 0 Å². The molecule has 4 rings (SSSR count). The molecular weight excluding hydrogens is 417 g/mol. The van der Waals surface area contributed by atoms with Gasteiger partial charge in [0, 0.05) is 18.3 Å². The van der Waals surface area contributed by atoms with Crippen molar-refractivity contribution in [1.29, 1.82) is 0 Å². The fourth-order valence-electron chi connectivity index (χ4n) is 4.41. The van der Waals surface area contributed by atoms with E-state index >= 15 is 0 Å². The molecule has 0 bridgehead atoms. The van der Waals surface area contributed by atoms with Crippen LogP contribution in [0, 0.1) is 5.92 Å². The van der Waals surface area contributed by atoms with Crippen LogP contribution in [0.5, 0.6) is 0 Å². The summed E-state index contributed by atoms with van der Waals surface area (Å²) in [5.74, 6) is 0.432. The van der Waals surface area contributed by atoms with Crippen LogP contribution in [0.15, 0.2) is 48.5 Å². The van der Waals surface area contributed by atoms with Gasteiger partial charge in [0.2, 0.25) is 5.91 Å². The number of piperidine rings is 1. The lowest BCUT2D eigenvalue weighted by atomic mass is 9.97. The second-order valence-electron chi connectivity index (χ2n) is 8.62. The summed E-state index contributed by atoms with van der Waals surface area (Å²) in [5, 5.41) is 2.67. The molecule has 2 heterocycles. The number of fused-ring (bicyclic) bond motifs is 1. The van der Waals surface area contributed by atoms with Crippen LogP contribution in [0.3, 0.4) is 0 Å². The van der Waals surface area contributed by atoms with Crippen molar-refractivity contribution in [1.82, 2.24) is 14.5 Å². The highest BCUT2D eigenvalue weighted by atomic mass is 19.4. The van der Waals surface area contributed by atoms with E-state index in [2.05, 4.69) is 34.7 Å². The molecule has 5 nitrogen and oxygen atoms in total. The summed E-state index contributed by atoms with van der Waals surface area (Å²) in [5.41, 5.74) is 1.44. The summed E-state index contributed by atoms with van der Waals surface area (Å²) in [6.45, 7) is 6.28. The number of carbonyl (C=O) groups excluding carboxylic acids is 1. The fourth-order valence-corrected chi connectivity index (χ4v) is 4.41. The normalized spacial score (nSPS) is 17.8. The first kappa shape index (κ1) is 22.3. The number of para-hydroxylation sites is 2. The molecule has 0 unspecified atom stereocenters. The van der Waals surface area contributed by atoms with Crippen LogP contribution < -0.4 is 5.32 Å². The molecule has 1 aromatic heterocycles. The number of alkyl halides is 3. The molecule has 3 aromatic rings. The van der Waals surface area contributed by atoms with Gasteiger partial charge in [-0.25, -0.2) is 4.98 Å². The van der Waals surface area contributed by atoms with Crippen LogP contribution in [-0.4, -0.2) is 33.4 Å². The van der Waals surface area contributed by atoms with Crippen molar-refractivity contribution in [2.75, 3.05) is 18.4 Å². The zero-order valence-corrected chi connectivity index (χ0v) is 18.2. The Kier molecular flexibility index (Phi) is 6.24. The Bertz CT molecular complexity index is 1110. The second-order valence-corrected chi connectivity index (χ2v) is 8.62. The molecule has 1 amide bonds. The molecule has 1 fully saturated rings. The zero-order valence-electron chi connectivity index (χ0n) is 18.2. The standard InChI is InChI=1S/C24H27F3N4O/c1-16(2)31-21-11-4-3-10-20(21)29-22(31)15-30-12-6-7-17(14-30)23(32)28-19-9-5-8-18(13-19)24(25,26)27/h3-5,8-11,13,16-17H,6-7,12,14-15H2,1-2H3,(H,28,32)/t17-/m0/s1. The van der Waals surface area contributed by atoms with E-state index in [0.717, 1.165) is 42.0 Å². The SMILES string of the molecule is CC(C)n1c(CN2CCC[C@H](C(=O)Nc3cccc(C(F)(F)F)c3)C2)nc2ccccc21. The van der Waals surface area contributed by atoms with Gasteiger partial charge in [0.25, 0.3) is 0 Å². The van der Waals surface area contributed by atoms with Crippen molar-refractivity contribution in [3.05, 3.63) is 59.9 Å². The molecule has 1 saturated heterocycles. The summed E-state index contributed by atoms with van der Waals surface area (Å²) >= 11 is 0. The maximum absolute atomic E-state index is 13.0. The van der Waals surface area contributed by atoms with Gasteiger partial charge < -0.3 is 9.88 Å². The lowest BCUT2D eigenvalue weighted by Crippen LogP contribution is -2.40. The van der Waals surface area contributed by atoms with Gasteiger partial charge in [-0.15, -0.1) is 0 Å². The smallest absolute Gasteiger partial charge is 0.326 e. The zero-order chi connectivity index (χ0) is 22.9. The Morgan fingerprint density at radius 3 is 2.72 bits per heavy atom. The van der Waals surface area contributed by atoms with Gasteiger partial charge in [-0.1, -0.05) is 18.2 Å². The Morgan fingerprint density at radius 1 is 1.19 bits per heavy atom. The molecule has 170 valence electrons. The number of rotatable bonds is 5. The van der Waals surface area contributed by atoms with Crippen LogP contribution in [-0.2, 0) is 17.5 Å². The Hall–Kier alpha value is -2.87. The quantitative estimate of drug-likeness (QED) is 0.566. The first-order valence-corrected chi connectivity index (χ1v) is 10.9. The fraction of sp³-hybridized carbons (Fsp3) is 0.417. The molecular formula is C24H27F3N4O. The van der Waals surface area contributed by atoms with Crippen molar-refractivity contribution in [3.63, 3.8) is 0 Å². The topological polar surface area (TPSA) is 50.2 Å². The van der Waals surface area contributed by atoms with Gasteiger partial charge in [-0.3, -0.25) is 9.69 Å². The maximum atomic E-state index is 13.0. The van der Waals surface area contributed by atoms with E-state index < -0.39 is 11.7 Å². The van der Waals surface area contributed by atoms with Gasteiger partial charge in [0.15, 0.2) is 0 Å². The van der Waals surface area contributed by atoms with Crippen molar-refractivity contribution < 1.29 is 18.0 Å². The van der Waals surface area contributed by atoms with Gasteiger partial charge in [-0.2, -0.15) is 13.2 Å². The van der Waals surface area contributed by atoms with E-state index in [-0.39, 0.29) is 23.6 Å². The summed E-state index contributed by atoms with van der Waals surface area (Å²) in [4.78, 5) is 19.8. The number of hydrogen-bond acceptors (Lipinski definition) is 3. The van der Waals surface area contributed by atoms with Crippen LogP contribution in [0.4, 0.5) is 18.9 Å². The predicted molar refractivity (Wildman–Crippen MR) is 118 cm³/mol. The van der Waals surface area contributed by atoms with E-state index in [0.29, 0.717) is 19.5 Å². The third-order valence-electron chi connectivity index (χ3n) is 5.88. The van der Waals surface area contributed by atoms with Gasteiger partial charge in [0.1, 0.15) is 5.82 Å². The Balaban J connectivity index is 1.46. The number of hydrogen-bond donors (Lipinski definition) is 1. The van der Waals surface area contributed by atoms with Crippen molar-refractivity contribution in [3.8, 4) is 0 Å². The number of aromatic nitrogens is 2. The number of amides is 1. The molecule has 0 spiro atoms. The molecule has 1 aliphatic heterocycles. The number of halogens is 3. The number of nitrogens with one attached hydrogen (secondary N) is 1. The van der Waals surface area contributed by atoms with Crippen LogP contribution in [0.25, 0.3) is 11.0 Å². The number of anilines is 1. The highest BCUT2D eigenvalue weighted by Gasteiger charge is 2.31. The average molecular weight is 445 g/mol. The summed E-state index contributed by atoms with van der Waals surface area (Å²) in [7, 11) is 0. The predicted octanol–water partition coefficient (Wildman–Crippen LogP) is 5.49. The van der Waals surface area contributed by atoms with Gasteiger partial charge >= 0.3 is 6.18 Å². The maximum Gasteiger partial charge on any atom is 0.416 e. The van der Waals surface area contributed by atoms with Crippen LogP contribution in [0.2, 0.25) is 0 Å². The molecule has 1 atom stereocenters. The highest BCUT2D eigenvalue weighted by molar-refractivity contribution is 5.92. The van der Waals surface area contributed by atoms with Crippen molar-refractivity contribution in [2.24, 2.45) is 5.92 Å². The summed E-state index contributed by atoms with van der Waals surface area (Å²) in [6.07, 6.45) is -2.88. The first-order valence-electron chi connectivity index (χ1n) is 10.9. The minimum Gasteiger partial charge on any atom is -0.326 e. The minimum atomic E-state index is -4.44. The minimum absolute atomic E-state index is 0.170. The van der Waals surface area contributed by atoms with Gasteiger partial charge in [0.05, 0.1) is 29.1 Å². The molecule has 2 aromatic carbocycles. The first-order chi connectivity index (χ1) is 15.2. The molecule has 32 heavy (non-hydrogen) atoms. The molecule has 0 radical (unpaired) electrons. The summed E-state index contributed by atoms with van der Waals surface area (Å²) in [6, 6.07) is 13.1. The molecule has 0 aliphatic carbocycles. The number of carbonyl (C=O) groups is 1. The molecule has 8 heteroatoms. The lowest BCUT2D eigenvalue weighted by Gasteiger charge is -2.32. The number of likely N-dealkylation sites (tertiary alicyclic amines) is 1. The number of imidazole rings is 1. The molecule has 1 N–H and O–H groups in total. The van der Waals surface area contributed by atoms with E-state index in [1.54, 1.807) is 0 Å². The Morgan fingerprint density at radius 2 is 1.97 bits per heavy atom. The molecule has 0 saturated carbocycles. The van der Waals surface area contributed by atoms with E-state index in [1.807, 2.05) is 18.2 Å². The number of benzene rings is 2. The molecule has 1 aliphatic rings. The largest absolute Gasteiger partial charge is 0.416 e. The Labute approximate surface area is 185 Å². The van der Waals surface area contributed by atoms with Crippen LogP contribution in [0.1, 0.15) is 44.1 Å². The van der Waals surface area contributed by atoms with Crippen molar-refractivity contribution in [2.45, 2.75) is 45.5 Å². The van der Waals surface area contributed by atoms with E-state index in [1.165, 1.54) is 12.1 Å². The van der Waals surface area contributed by atoms with E-state index in [4.69, 9.17) is 4.98 Å². The van der Waals surface area contributed by atoms with E-state index in [9.17, 15) is 18.0 Å². The average Bonchev–Trinajstić information content (AvgIpc) is 3.11.